The monoisotopic (exact) mass is 409 g/mol. The van der Waals surface area contributed by atoms with Crippen LogP contribution in [-0.4, -0.2) is 44.2 Å². The van der Waals surface area contributed by atoms with E-state index in [0.717, 1.165) is 43.7 Å². The maximum Gasteiger partial charge on any atom is 0.276 e. The largest absolute Gasteiger partial charge is 0.366 e. The third-order valence-corrected chi connectivity index (χ3v) is 5.62. The fraction of sp³-hybridized carbons (Fsp3) is 0.429. The van der Waals surface area contributed by atoms with Crippen molar-refractivity contribution in [3.8, 4) is 0 Å². The number of carbonyl (C=O) groups excluding carboxylic acids is 2. The van der Waals surface area contributed by atoms with Crippen LogP contribution in [0.5, 0.6) is 0 Å². The van der Waals surface area contributed by atoms with Crippen molar-refractivity contribution in [2.24, 2.45) is 11.7 Å². The van der Waals surface area contributed by atoms with Gasteiger partial charge in [-0.1, -0.05) is 0 Å². The molecule has 3 heterocycles. The zero-order valence-electron chi connectivity index (χ0n) is 17.3. The van der Waals surface area contributed by atoms with Gasteiger partial charge in [0.05, 0.1) is 16.7 Å². The van der Waals surface area contributed by atoms with Crippen molar-refractivity contribution in [3.05, 3.63) is 41.2 Å². The summed E-state index contributed by atoms with van der Waals surface area (Å²) in [5.41, 5.74) is 8.59. The summed E-state index contributed by atoms with van der Waals surface area (Å²) < 4.78 is 3.68. The lowest BCUT2D eigenvalue weighted by atomic mass is 10.1. The molecule has 0 bridgehead atoms. The molecule has 1 atom stereocenters. The summed E-state index contributed by atoms with van der Waals surface area (Å²) in [6.45, 7) is 7.18. The average Bonchev–Trinajstić information content (AvgIpc) is 3.44. The molecule has 1 aliphatic rings. The molecule has 3 aromatic rings. The fourth-order valence-electron chi connectivity index (χ4n) is 4.01. The number of benzene rings is 1. The van der Waals surface area contributed by atoms with Crippen LogP contribution >= 0.6 is 0 Å². The van der Waals surface area contributed by atoms with Crippen LogP contribution in [0, 0.1) is 12.8 Å². The Hall–Kier alpha value is -3.20. The number of aryl methyl sites for hydroxylation is 3. The molecule has 158 valence electrons. The number of nitrogens with two attached hydrogens (primary N) is 1. The van der Waals surface area contributed by atoms with Gasteiger partial charge in [-0.25, -0.2) is 4.98 Å². The van der Waals surface area contributed by atoms with Crippen LogP contribution in [0.15, 0.2) is 24.3 Å². The molecule has 0 saturated carbocycles. The van der Waals surface area contributed by atoms with E-state index < -0.39 is 5.91 Å². The van der Waals surface area contributed by atoms with E-state index in [9.17, 15) is 9.59 Å². The number of carbonyl (C=O) groups is 2. The van der Waals surface area contributed by atoms with Gasteiger partial charge in [0.2, 0.25) is 11.9 Å². The van der Waals surface area contributed by atoms with Crippen molar-refractivity contribution in [1.29, 1.82) is 0 Å². The smallest absolute Gasteiger partial charge is 0.276 e. The molecule has 4 rings (SSSR count). The second-order valence-electron chi connectivity index (χ2n) is 7.74. The number of primary amides is 1. The van der Waals surface area contributed by atoms with E-state index >= 15 is 0 Å². The van der Waals surface area contributed by atoms with Gasteiger partial charge < -0.3 is 15.6 Å². The Morgan fingerprint density at radius 3 is 2.87 bits per heavy atom. The predicted octanol–water partition coefficient (Wildman–Crippen LogP) is 1.91. The van der Waals surface area contributed by atoms with Gasteiger partial charge in [0.15, 0.2) is 0 Å². The summed E-state index contributed by atoms with van der Waals surface area (Å²) in [6.07, 6.45) is 2.13. The molecule has 0 spiro atoms. The average molecular weight is 409 g/mol. The molecular weight excluding hydrogens is 382 g/mol. The summed E-state index contributed by atoms with van der Waals surface area (Å²) in [7, 11) is 0. The Morgan fingerprint density at radius 1 is 1.33 bits per heavy atom. The highest BCUT2D eigenvalue weighted by atomic mass is 16.2. The number of hydrogen-bond acceptors (Lipinski definition) is 5. The highest BCUT2D eigenvalue weighted by molar-refractivity contribution is 6.03. The van der Waals surface area contributed by atoms with Crippen LogP contribution in [-0.2, 0) is 13.1 Å². The van der Waals surface area contributed by atoms with Gasteiger partial charge in [-0.2, -0.15) is 5.10 Å². The lowest BCUT2D eigenvalue weighted by Crippen LogP contribution is -2.20. The summed E-state index contributed by atoms with van der Waals surface area (Å²) in [5, 5.41) is 10.7. The minimum atomic E-state index is -0.503. The molecule has 1 aliphatic heterocycles. The summed E-state index contributed by atoms with van der Waals surface area (Å²) >= 11 is 0. The molecule has 0 aliphatic carbocycles. The molecular formula is C21H27N7O2. The van der Waals surface area contributed by atoms with Gasteiger partial charge in [-0.05, 0) is 70.0 Å². The van der Waals surface area contributed by atoms with Crippen LogP contribution in [0.4, 0.5) is 5.95 Å². The number of aromatic nitrogens is 4. The number of nitrogens with one attached hydrogen (secondary N) is 2. The number of hydrogen-bond donors (Lipinski definition) is 3. The van der Waals surface area contributed by atoms with Gasteiger partial charge in [-0.15, -0.1) is 0 Å². The van der Waals surface area contributed by atoms with Gasteiger partial charge in [0, 0.05) is 18.7 Å². The third-order valence-electron chi connectivity index (χ3n) is 5.62. The topological polar surface area (TPSA) is 120 Å². The van der Waals surface area contributed by atoms with E-state index in [-0.39, 0.29) is 5.91 Å². The lowest BCUT2D eigenvalue weighted by Gasteiger charge is -2.13. The normalized spacial score (nSPS) is 16.3. The minimum Gasteiger partial charge on any atom is -0.366 e. The number of amides is 2. The molecule has 2 aromatic heterocycles. The maximum atomic E-state index is 13.0. The minimum absolute atomic E-state index is 0.258. The van der Waals surface area contributed by atoms with Crippen molar-refractivity contribution in [1.82, 2.24) is 24.6 Å². The van der Waals surface area contributed by atoms with Crippen molar-refractivity contribution in [2.75, 3.05) is 18.4 Å². The lowest BCUT2D eigenvalue weighted by molar-refractivity contribution is 0.0996. The summed E-state index contributed by atoms with van der Waals surface area (Å²) in [4.78, 5) is 29.1. The van der Waals surface area contributed by atoms with E-state index in [2.05, 4.69) is 20.7 Å². The third kappa shape index (κ3) is 3.93. The molecule has 4 N–H and O–H groups in total. The van der Waals surface area contributed by atoms with Crippen molar-refractivity contribution in [3.63, 3.8) is 0 Å². The molecule has 0 unspecified atom stereocenters. The first-order chi connectivity index (χ1) is 14.5. The zero-order valence-corrected chi connectivity index (χ0v) is 17.3. The molecule has 0 radical (unpaired) electrons. The molecule has 1 fully saturated rings. The second-order valence-corrected chi connectivity index (χ2v) is 7.74. The van der Waals surface area contributed by atoms with Crippen molar-refractivity contribution >= 4 is 28.8 Å². The Balaban J connectivity index is 1.67. The highest BCUT2D eigenvalue weighted by Gasteiger charge is 2.20. The number of nitrogens with zero attached hydrogens (tertiary/aromatic N) is 4. The molecule has 2 amide bonds. The second kappa shape index (κ2) is 8.27. The van der Waals surface area contributed by atoms with Gasteiger partial charge >= 0.3 is 0 Å². The molecule has 1 aromatic carbocycles. The zero-order chi connectivity index (χ0) is 21.3. The van der Waals surface area contributed by atoms with E-state index in [0.29, 0.717) is 35.2 Å². The standard InChI is InChI=1S/C21H27N7O2/c1-3-28-18(10-13(2)26-28)20(30)25-21-24-16-11-15(19(22)29)4-5-17(16)27(21)9-7-14-6-8-23-12-14/h4-5,10-11,14,23H,3,6-9,12H2,1-2H3,(H2,22,29)(H,24,25,30)/t14-/m1/s1. The molecule has 1 saturated heterocycles. The first kappa shape index (κ1) is 20.1. The Labute approximate surface area is 174 Å². The first-order valence-electron chi connectivity index (χ1n) is 10.3. The van der Waals surface area contributed by atoms with E-state index in [1.807, 2.05) is 24.5 Å². The van der Waals surface area contributed by atoms with Gasteiger partial charge in [-0.3, -0.25) is 19.6 Å². The molecule has 9 nitrogen and oxygen atoms in total. The van der Waals surface area contributed by atoms with Crippen LogP contribution < -0.4 is 16.4 Å². The van der Waals surface area contributed by atoms with Crippen LogP contribution in [0.1, 0.15) is 46.3 Å². The van der Waals surface area contributed by atoms with Crippen LogP contribution in [0.3, 0.4) is 0 Å². The van der Waals surface area contributed by atoms with Gasteiger partial charge in [0.25, 0.3) is 5.91 Å². The Bertz CT molecular complexity index is 1090. The highest BCUT2D eigenvalue weighted by Crippen LogP contribution is 2.24. The molecule has 30 heavy (non-hydrogen) atoms. The fourth-order valence-corrected chi connectivity index (χ4v) is 4.01. The number of imidazole rings is 1. The first-order valence-corrected chi connectivity index (χ1v) is 10.3. The van der Waals surface area contributed by atoms with Crippen molar-refractivity contribution in [2.45, 2.75) is 39.8 Å². The summed E-state index contributed by atoms with van der Waals surface area (Å²) in [6, 6.07) is 6.97. The van der Waals surface area contributed by atoms with Crippen molar-refractivity contribution < 1.29 is 9.59 Å². The number of anilines is 1. The number of rotatable bonds is 7. The maximum absolute atomic E-state index is 13.0. The quantitative estimate of drug-likeness (QED) is 0.551. The van der Waals surface area contributed by atoms with Crippen LogP contribution in [0.25, 0.3) is 11.0 Å². The van der Waals surface area contributed by atoms with E-state index in [1.165, 1.54) is 0 Å². The summed E-state index contributed by atoms with van der Waals surface area (Å²) in [5.74, 6) is 0.298. The van der Waals surface area contributed by atoms with Gasteiger partial charge in [0.1, 0.15) is 5.69 Å². The Kier molecular flexibility index (Phi) is 5.54. The number of fused-ring (bicyclic) bond motifs is 1. The van der Waals surface area contributed by atoms with E-state index in [1.54, 1.807) is 22.9 Å². The van der Waals surface area contributed by atoms with E-state index in [4.69, 9.17) is 5.73 Å². The SMILES string of the molecule is CCn1nc(C)cc1C(=O)Nc1nc2cc(C(N)=O)ccc2n1CC[C@H]1CCNC1. The van der Waals surface area contributed by atoms with Crippen LogP contribution in [0.2, 0.25) is 0 Å². The predicted molar refractivity (Wildman–Crippen MR) is 114 cm³/mol. The Morgan fingerprint density at radius 2 is 2.17 bits per heavy atom. The molecule has 9 heteroatoms.